The van der Waals surface area contributed by atoms with E-state index in [2.05, 4.69) is 48.1 Å². The van der Waals surface area contributed by atoms with Crippen LogP contribution in [0.2, 0.25) is 0 Å². The Morgan fingerprint density at radius 1 is 1.43 bits per heavy atom. The number of hydrogen-bond donors (Lipinski definition) is 2. The Labute approximate surface area is 140 Å². The third-order valence-electron chi connectivity index (χ3n) is 4.10. The zero-order valence-corrected chi connectivity index (χ0v) is 14.4. The Bertz CT molecular complexity index is 626. The van der Waals surface area contributed by atoms with Gasteiger partial charge in [-0.25, -0.2) is 4.98 Å². The van der Waals surface area contributed by atoms with Crippen molar-refractivity contribution in [3.05, 3.63) is 29.7 Å². The van der Waals surface area contributed by atoms with Crippen LogP contribution >= 0.6 is 11.3 Å². The second-order valence-corrected chi connectivity index (χ2v) is 6.51. The van der Waals surface area contributed by atoms with E-state index in [1.54, 1.807) is 18.1 Å². The standard InChI is InChI=1S/C15H23N7S/c1-16-15(17-10-13-18-11-19-21(13)2)20-12-5-7-22(8-6-12)14-4-3-9-23-14/h3-4,9,11-12H,5-8,10H2,1-2H3,(H2,16,17,20). The van der Waals surface area contributed by atoms with Gasteiger partial charge in [0, 0.05) is 33.2 Å². The lowest BCUT2D eigenvalue weighted by Gasteiger charge is -2.33. The van der Waals surface area contributed by atoms with Crippen molar-refractivity contribution in [1.29, 1.82) is 0 Å². The summed E-state index contributed by atoms with van der Waals surface area (Å²) in [5.41, 5.74) is 0. The monoisotopic (exact) mass is 333 g/mol. The summed E-state index contributed by atoms with van der Waals surface area (Å²) in [4.78, 5) is 11.0. The number of aryl methyl sites for hydroxylation is 1. The molecule has 0 amide bonds. The van der Waals surface area contributed by atoms with Gasteiger partial charge in [0.25, 0.3) is 0 Å². The van der Waals surface area contributed by atoms with Crippen LogP contribution in [-0.2, 0) is 13.6 Å². The number of nitrogens with zero attached hydrogens (tertiary/aromatic N) is 5. The van der Waals surface area contributed by atoms with Gasteiger partial charge >= 0.3 is 0 Å². The quantitative estimate of drug-likeness (QED) is 0.650. The van der Waals surface area contributed by atoms with Gasteiger partial charge in [-0.1, -0.05) is 0 Å². The van der Waals surface area contributed by atoms with Gasteiger partial charge in [0.05, 0.1) is 11.5 Å². The number of aliphatic imine (C=N–C) groups is 1. The number of anilines is 1. The van der Waals surface area contributed by atoms with Crippen molar-refractivity contribution in [1.82, 2.24) is 25.4 Å². The molecule has 1 fully saturated rings. The van der Waals surface area contributed by atoms with Crippen molar-refractivity contribution in [3.8, 4) is 0 Å². The Balaban J connectivity index is 1.46. The number of nitrogens with one attached hydrogen (secondary N) is 2. The molecular formula is C15H23N7S. The first-order chi connectivity index (χ1) is 11.3. The zero-order chi connectivity index (χ0) is 16.1. The molecule has 0 aromatic carbocycles. The number of aromatic nitrogens is 3. The SMILES string of the molecule is CN=C(NCc1ncnn1C)NC1CCN(c2cccs2)CC1. The maximum absolute atomic E-state index is 4.31. The summed E-state index contributed by atoms with van der Waals surface area (Å²) in [6.07, 6.45) is 3.79. The van der Waals surface area contributed by atoms with E-state index >= 15 is 0 Å². The van der Waals surface area contributed by atoms with Gasteiger partial charge in [-0.05, 0) is 30.4 Å². The molecule has 3 rings (SSSR count). The number of piperidine rings is 1. The smallest absolute Gasteiger partial charge is 0.191 e. The van der Waals surface area contributed by atoms with E-state index in [-0.39, 0.29) is 0 Å². The molecule has 1 aliphatic heterocycles. The Morgan fingerprint density at radius 2 is 2.26 bits per heavy atom. The van der Waals surface area contributed by atoms with Crippen LogP contribution < -0.4 is 15.5 Å². The van der Waals surface area contributed by atoms with Gasteiger partial charge in [0.15, 0.2) is 5.96 Å². The molecule has 0 unspecified atom stereocenters. The van der Waals surface area contributed by atoms with Crippen LogP contribution in [0.3, 0.4) is 0 Å². The lowest BCUT2D eigenvalue weighted by molar-refractivity contribution is 0.462. The first-order valence-electron chi connectivity index (χ1n) is 7.85. The van der Waals surface area contributed by atoms with Crippen LogP contribution in [0.1, 0.15) is 18.7 Å². The minimum absolute atomic E-state index is 0.455. The van der Waals surface area contributed by atoms with E-state index < -0.39 is 0 Å². The van der Waals surface area contributed by atoms with Gasteiger partial charge in [-0.2, -0.15) is 5.10 Å². The molecule has 0 spiro atoms. The largest absolute Gasteiger partial charge is 0.363 e. The maximum Gasteiger partial charge on any atom is 0.191 e. The third-order valence-corrected chi connectivity index (χ3v) is 5.03. The van der Waals surface area contributed by atoms with Crippen LogP contribution in [0.4, 0.5) is 5.00 Å². The molecule has 0 radical (unpaired) electrons. The highest BCUT2D eigenvalue weighted by Crippen LogP contribution is 2.24. The first kappa shape index (κ1) is 15.8. The summed E-state index contributed by atoms with van der Waals surface area (Å²) in [7, 11) is 3.69. The highest BCUT2D eigenvalue weighted by molar-refractivity contribution is 7.14. The molecule has 2 aromatic heterocycles. The molecular weight excluding hydrogens is 310 g/mol. The normalized spacial score (nSPS) is 16.6. The molecule has 124 valence electrons. The molecule has 0 aliphatic carbocycles. The third kappa shape index (κ3) is 4.01. The van der Waals surface area contributed by atoms with E-state index in [0.29, 0.717) is 12.6 Å². The lowest BCUT2D eigenvalue weighted by atomic mass is 10.1. The van der Waals surface area contributed by atoms with E-state index in [0.717, 1.165) is 37.7 Å². The molecule has 8 heteroatoms. The average Bonchev–Trinajstić information content (AvgIpc) is 3.24. The first-order valence-corrected chi connectivity index (χ1v) is 8.72. The van der Waals surface area contributed by atoms with Crippen LogP contribution in [0.15, 0.2) is 28.8 Å². The fraction of sp³-hybridized carbons (Fsp3) is 0.533. The average molecular weight is 333 g/mol. The Morgan fingerprint density at radius 3 is 2.87 bits per heavy atom. The summed E-state index contributed by atoms with van der Waals surface area (Å²) in [5, 5.41) is 14.4. The minimum atomic E-state index is 0.455. The van der Waals surface area contributed by atoms with Gasteiger partial charge in [-0.15, -0.1) is 11.3 Å². The van der Waals surface area contributed by atoms with Crippen molar-refractivity contribution in [2.45, 2.75) is 25.4 Å². The molecule has 7 nitrogen and oxygen atoms in total. The molecule has 23 heavy (non-hydrogen) atoms. The van der Waals surface area contributed by atoms with Gasteiger partial charge in [-0.3, -0.25) is 9.67 Å². The van der Waals surface area contributed by atoms with Crippen molar-refractivity contribution >= 4 is 22.3 Å². The summed E-state index contributed by atoms with van der Waals surface area (Å²) in [6, 6.07) is 4.76. The van der Waals surface area contributed by atoms with Crippen molar-refractivity contribution < 1.29 is 0 Å². The number of hydrogen-bond acceptors (Lipinski definition) is 5. The summed E-state index contributed by atoms with van der Waals surface area (Å²) in [5.74, 6) is 1.71. The highest BCUT2D eigenvalue weighted by Gasteiger charge is 2.20. The fourth-order valence-corrected chi connectivity index (χ4v) is 3.51. The molecule has 0 atom stereocenters. The molecule has 0 bridgehead atoms. The number of rotatable bonds is 4. The van der Waals surface area contributed by atoms with E-state index in [1.165, 1.54) is 5.00 Å². The maximum atomic E-state index is 4.31. The van der Waals surface area contributed by atoms with E-state index in [4.69, 9.17) is 0 Å². The predicted molar refractivity (Wildman–Crippen MR) is 93.9 cm³/mol. The molecule has 1 saturated heterocycles. The number of guanidine groups is 1. The topological polar surface area (TPSA) is 70.4 Å². The van der Waals surface area contributed by atoms with Crippen LogP contribution in [0, 0.1) is 0 Å². The molecule has 1 aliphatic rings. The minimum Gasteiger partial charge on any atom is -0.363 e. The predicted octanol–water partition coefficient (Wildman–Crippen LogP) is 1.21. The van der Waals surface area contributed by atoms with Crippen LogP contribution in [-0.4, -0.2) is 46.9 Å². The van der Waals surface area contributed by atoms with Gasteiger partial charge in [0.1, 0.15) is 12.2 Å². The summed E-state index contributed by atoms with van der Waals surface area (Å²) in [6.45, 7) is 2.78. The van der Waals surface area contributed by atoms with E-state index in [9.17, 15) is 0 Å². The van der Waals surface area contributed by atoms with Gasteiger partial charge in [0.2, 0.25) is 0 Å². The molecule has 0 saturated carbocycles. The Kier molecular flexibility index (Phi) is 5.12. The van der Waals surface area contributed by atoms with Crippen molar-refractivity contribution in [2.24, 2.45) is 12.0 Å². The van der Waals surface area contributed by atoms with Crippen molar-refractivity contribution in [2.75, 3.05) is 25.0 Å². The lowest BCUT2D eigenvalue weighted by Crippen LogP contribution is -2.48. The molecule has 2 aromatic rings. The molecule has 3 heterocycles. The molecule has 2 N–H and O–H groups in total. The van der Waals surface area contributed by atoms with Crippen molar-refractivity contribution in [3.63, 3.8) is 0 Å². The van der Waals surface area contributed by atoms with Crippen LogP contribution in [0.5, 0.6) is 0 Å². The van der Waals surface area contributed by atoms with Crippen LogP contribution in [0.25, 0.3) is 0 Å². The highest BCUT2D eigenvalue weighted by atomic mass is 32.1. The second kappa shape index (κ2) is 7.45. The zero-order valence-electron chi connectivity index (χ0n) is 13.6. The second-order valence-electron chi connectivity index (χ2n) is 5.58. The summed E-state index contributed by atoms with van der Waals surface area (Å²) >= 11 is 1.81. The van der Waals surface area contributed by atoms with E-state index in [1.807, 2.05) is 18.4 Å². The van der Waals surface area contributed by atoms with Gasteiger partial charge < -0.3 is 15.5 Å². The number of thiophene rings is 1. The fourth-order valence-electron chi connectivity index (χ4n) is 2.72. The summed E-state index contributed by atoms with van der Waals surface area (Å²) < 4.78 is 1.76. The Hall–Kier alpha value is -2.09.